The quantitative estimate of drug-likeness (QED) is 0.0152. The van der Waals surface area contributed by atoms with E-state index in [1.807, 2.05) is 60.0 Å². The highest BCUT2D eigenvalue weighted by Gasteiger charge is 2.27. The van der Waals surface area contributed by atoms with Crippen molar-refractivity contribution in [3.8, 4) is 5.75 Å². The lowest BCUT2D eigenvalue weighted by Crippen LogP contribution is -2.48. The molecule has 0 atom stereocenters. The number of hydrogen-bond acceptors (Lipinski definition) is 48. The second-order valence-corrected chi connectivity index (χ2v) is 37.9. The van der Waals surface area contributed by atoms with Crippen molar-refractivity contribution in [3.05, 3.63) is 305 Å². The van der Waals surface area contributed by atoms with Crippen LogP contribution in [0.1, 0.15) is 50.6 Å². The van der Waals surface area contributed by atoms with Crippen LogP contribution in [0.15, 0.2) is 356 Å². The first-order chi connectivity index (χ1) is 71.2. The number of ether oxygens (including phenoxy) is 1. The van der Waals surface area contributed by atoms with Crippen LogP contribution in [0, 0.1) is 27.7 Å². The van der Waals surface area contributed by atoms with E-state index in [9.17, 15) is 57.0 Å². The number of methoxy groups -OCH3 is 1. The minimum absolute atomic E-state index is 0.0701. The Hall–Kier alpha value is -17.5. The van der Waals surface area contributed by atoms with Crippen molar-refractivity contribution in [2.24, 2.45) is 81.8 Å². The Bertz CT molecular complexity index is 8490. The highest BCUT2D eigenvalue weighted by atomic mass is 32.2. The zero-order valence-electron chi connectivity index (χ0n) is 78.0. The molecule has 52 nitrogen and oxygen atoms in total. The molecule has 0 bridgehead atoms. The van der Waals surface area contributed by atoms with Gasteiger partial charge in [0.05, 0.1) is 103 Å². The summed E-state index contributed by atoms with van der Waals surface area (Å²) in [5.41, 5.74) is 10.8. The van der Waals surface area contributed by atoms with Crippen molar-refractivity contribution in [2.45, 2.75) is 66.7 Å². The zero-order valence-corrected chi connectivity index (χ0v) is 84.5. The van der Waals surface area contributed by atoms with Crippen LogP contribution in [0.2, 0.25) is 0 Å². The standard InChI is InChI=1S/C90H78N26O14S4.4O3S/c1-55-44-59(16-36-75(55)109-105-66-21-17-64(18-22-66)101-103-68-25-32-73(33-26-68)131(118,119)120)48-85-93-86(50-60-45-56(2)80(53-82(60)130-5)114-112-78-39-31-72(52-84(78)134(127,128)129)108-100-63-14-10-7-11-15-63)95-89(94-85)115-40-42-116(43-41-115)90-97-87(91-70-29-37-76(57(3)46-70)110-111-77-38-30-71(51-83(77)133(124,125)126)107-99-62-12-8-6-9-13-62)96-88(98-90)92-81-47-58(4)79(49-61(81)54-117)113-106-67-23-19-65(20-24-67)102-104-69-27-34-74(35-28-69)132(121,122)123;4*1-4(2)3/h6-39,44-47,49,51-53,117H,40-43,48,50,54H2,1-5H3,(H,118,119,120)(H,121,122,123)(H,124,125,126)(H,127,128,129)(H2,91,92,96,97,98);;;;. The number of aliphatic hydroxyl groups excluding tert-OH is 1. The average Bonchev–Trinajstić information content (AvgIpc) is 0.774. The molecule has 150 heavy (non-hydrogen) atoms. The largest absolute Gasteiger partial charge is 0.496 e. The molecule has 1 aliphatic rings. The Morgan fingerprint density at radius 2 is 0.627 bits per heavy atom. The van der Waals surface area contributed by atoms with Crippen molar-refractivity contribution in [1.29, 1.82) is 0 Å². The Kier molecular flexibility index (Phi) is 39.5. The molecule has 3 heterocycles. The second kappa shape index (κ2) is 52.5. The first-order valence-corrected chi connectivity index (χ1v) is 52.3. The molecule has 1 saturated heterocycles. The average molecular weight is 2200 g/mol. The molecule has 0 radical (unpaired) electrons. The van der Waals surface area contributed by atoms with Crippen LogP contribution < -0.4 is 25.2 Å². The molecular weight excluding hydrogens is 2120 g/mol. The van der Waals surface area contributed by atoms with E-state index in [0.717, 1.165) is 23.3 Å². The molecule has 14 aromatic rings. The summed E-state index contributed by atoms with van der Waals surface area (Å²) in [6.07, 6.45) is 0.354. The number of nitrogens with one attached hydrogen (secondary N) is 2. The number of nitrogens with zero attached hydrogens (tertiary/aromatic N) is 24. The maximum atomic E-state index is 12.8. The Morgan fingerprint density at radius 1 is 0.307 bits per heavy atom. The maximum Gasteiger partial charge on any atom is 0.425 e. The lowest BCUT2D eigenvalue weighted by molar-refractivity contribution is 0.282. The van der Waals surface area contributed by atoms with Gasteiger partial charge in [-0.15, -0.1) is 60.7 Å². The number of benzene rings is 12. The van der Waals surface area contributed by atoms with Gasteiger partial charge in [0.2, 0.25) is 23.8 Å². The van der Waals surface area contributed by atoms with Gasteiger partial charge in [-0.1, -0.05) is 48.5 Å². The molecule has 1 aliphatic heterocycles. The van der Waals surface area contributed by atoms with E-state index in [1.165, 1.54) is 79.9 Å². The van der Waals surface area contributed by atoms with Crippen LogP contribution in [0.5, 0.6) is 5.75 Å². The van der Waals surface area contributed by atoms with Crippen LogP contribution in [-0.4, -0.2) is 171 Å². The SMILES string of the molecule is COc1cc(N=Nc2ccc(N=Nc3ccccc3)cc2S(=O)(=O)O)c(C)cc1Cc1nc(Cc2ccc(N=Nc3ccc(N=Nc4ccc(S(=O)(=O)O)cc4)cc3)c(C)c2)nc(N2CCN(c3nc(Nc4ccc(N=Nc5ccc(N=Nc6ccccc6)cc5S(=O)(=O)O)c(C)c4)nc(Nc4cc(C)c(N=Nc5ccc(N=Nc6ccc(S(=O)(=O)O)cc6)cc5)cc4CO)n3)CC2)n1.O=S(=O)=O.O=S(=O)=O.O=S(=O)=O.O=S(=O)=O. The number of piperazine rings is 1. The van der Waals surface area contributed by atoms with Gasteiger partial charge in [0.15, 0.2) is 0 Å². The molecule has 0 aliphatic carbocycles. The van der Waals surface area contributed by atoms with Gasteiger partial charge >= 0.3 is 42.4 Å². The number of aryl methyl sites for hydroxylation is 4. The van der Waals surface area contributed by atoms with Crippen LogP contribution in [0.3, 0.4) is 0 Å². The predicted octanol–water partition coefficient (Wildman–Crippen LogP) is 19.1. The first-order valence-electron chi connectivity index (χ1n) is 42.5. The van der Waals surface area contributed by atoms with Gasteiger partial charge < -0.3 is 30.3 Å². The van der Waals surface area contributed by atoms with E-state index in [0.29, 0.717) is 157 Å². The van der Waals surface area contributed by atoms with Crippen LogP contribution in [0.4, 0.5) is 126 Å². The van der Waals surface area contributed by atoms with Gasteiger partial charge in [-0.05, 0) is 256 Å². The van der Waals surface area contributed by atoms with Gasteiger partial charge in [0.25, 0.3) is 40.5 Å². The fraction of sp³-hybridized carbons (Fsp3) is 0.133. The molecular formula is C90H78N26O26S8. The monoisotopic (exact) mass is 2190 g/mol. The normalized spacial score (nSPS) is 12.3. The number of hydrogen-bond donors (Lipinski definition) is 7. The Labute approximate surface area is 858 Å². The molecule has 0 amide bonds. The molecule has 0 unspecified atom stereocenters. The summed E-state index contributed by atoms with van der Waals surface area (Å²) in [5, 5.41) is 86.3. The molecule has 60 heteroatoms. The highest BCUT2D eigenvalue weighted by molar-refractivity contribution is 7.86. The number of aliphatic hydroxyl groups is 1. The van der Waals surface area contributed by atoms with Crippen molar-refractivity contribution in [1.82, 2.24) is 29.9 Å². The number of azo groups is 8. The summed E-state index contributed by atoms with van der Waals surface area (Å²) in [5.74, 6) is 1.92. The number of rotatable bonds is 32. The second-order valence-electron chi connectivity index (χ2n) is 30.7. The van der Waals surface area contributed by atoms with Crippen LogP contribution in [0.25, 0.3) is 0 Å². The van der Waals surface area contributed by atoms with E-state index >= 15 is 0 Å². The first kappa shape index (κ1) is 113. The highest BCUT2D eigenvalue weighted by Crippen LogP contribution is 2.40. The van der Waals surface area contributed by atoms with E-state index in [-0.39, 0.29) is 63.2 Å². The molecule has 772 valence electrons. The number of aromatic nitrogens is 6. The van der Waals surface area contributed by atoms with Crippen LogP contribution >= 0.6 is 0 Å². The summed E-state index contributed by atoms with van der Waals surface area (Å²) in [6, 6.07) is 67.3. The minimum Gasteiger partial charge on any atom is -0.496 e. The molecule has 12 aromatic carbocycles. The molecule has 1 fully saturated rings. The van der Waals surface area contributed by atoms with Gasteiger partial charge in [0.1, 0.15) is 38.6 Å². The minimum atomic E-state index is -4.83. The summed E-state index contributed by atoms with van der Waals surface area (Å²) < 4.78 is 244. The zero-order chi connectivity index (χ0) is 109. The third-order valence-electron chi connectivity index (χ3n) is 20.2. The van der Waals surface area contributed by atoms with Crippen molar-refractivity contribution < 1.29 is 112 Å². The van der Waals surface area contributed by atoms with E-state index in [4.69, 9.17) is 85.1 Å². The third-order valence-corrected chi connectivity index (χ3v) is 23.7. The molecule has 0 saturated carbocycles. The van der Waals surface area contributed by atoms with Gasteiger partial charge in [-0.2, -0.15) is 130 Å². The summed E-state index contributed by atoms with van der Waals surface area (Å²) >= 11 is 0. The smallest absolute Gasteiger partial charge is 0.425 e. The summed E-state index contributed by atoms with van der Waals surface area (Å²) in [7, 11) is -29.4. The lowest BCUT2D eigenvalue weighted by atomic mass is 10.0. The summed E-state index contributed by atoms with van der Waals surface area (Å²) in [6.45, 7) is 8.09. The molecule has 7 N–H and O–H groups in total. The summed E-state index contributed by atoms with van der Waals surface area (Å²) in [4.78, 5) is 32.5. The molecule has 0 spiro atoms. The third kappa shape index (κ3) is 35.5. The van der Waals surface area contributed by atoms with Gasteiger partial charge in [0, 0.05) is 67.6 Å². The van der Waals surface area contributed by atoms with E-state index in [1.54, 1.807) is 147 Å². The fourth-order valence-electron chi connectivity index (χ4n) is 13.3. The van der Waals surface area contributed by atoms with E-state index in [2.05, 4.69) is 92.5 Å². The maximum absolute atomic E-state index is 12.8. The molecule has 15 rings (SSSR count). The van der Waals surface area contributed by atoms with Gasteiger partial charge in [-0.25, -0.2) is 4.98 Å². The Balaban J connectivity index is 0.00000124. The van der Waals surface area contributed by atoms with Crippen molar-refractivity contribution >= 4 is 209 Å². The predicted molar refractivity (Wildman–Crippen MR) is 536 cm³/mol. The van der Waals surface area contributed by atoms with Crippen molar-refractivity contribution in [3.63, 3.8) is 0 Å². The molecule has 2 aromatic heterocycles. The van der Waals surface area contributed by atoms with Gasteiger partial charge in [-0.3, -0.25) is 18.2 Å². The fourth-order valence-corrected chi connectivity index (χ4v) is 15.5. The van der Waals surface area contributed by atoms with E-state index < -0.39 is 99.3 Å². The van der Waals surface area contributed by atoms with Crippen LogP contribution in [-0.2, 0) is 102 Å². The number of anilines is 6. The van der Waals surface area contributed by atoms with Crippen molar-refractivity contribution in [2.75, 3.05) is 53.7 Å². The Morgan fingerprint density at radius 3 is 1.03 bits per heavy atom. The topological polar surface area (TPSA) is 757 Å². The lowest BCUT2D eigenvalue weighted by Gasteiger charge is -2.35.